The van der Waals surface area contributed by atoms with E-state index >= 15 is 0 Å². The van der Waals surface area contributed by atoms with Gasteiger partial charge in [0.05, 0.1) is 18.8 Å². The van der Waals surface area contributed by atoms with Crippen molar-refractivity contribution in [3.63, 3.8) is 0 Å². The maximum atomic E-state index is 13.6. The van der Waals surface area contributed by atoms with Gasteiger partial charge in [-0.2, -0.15) is 0 Å². The number of benzene rings is 2. The zero-order valence-electron chi connectivity index (χ0n) is 20.1. The fourth-order valence-corrected chi connectivity index (χ4v) is 4.81. The van der Waals surface area contributed by atoms with Gasteiger partial charge in [-0.3, -0.25) is 4.79 Å². The molecule has 1 heterocycles. The molecule has 2 N–H and O–H groups in total. The highest BCUT2D eigenvalue weighted by Gasteiger charge is 2.41. The first-order valence-corrected chi connectivity index (χ1v) is 11.7. The summed E-state index contributed by atoms with van der Waals surface area (Å²) < 4.78 is 11.0. The van der Waals surface area contributed by atoms with Crippen LogP contribution in [0.15, 0.2) is 71.1 Å². The van der Waals surface area contributed by atoms with Gasteiger partial charge in [0.25, 0.3) is 0 Å². The Hall–Kier alpha value is -3.54. The van der Waals surface area contributed by atoms with Crippen LogP contribution in [0.1, 0.15) is 63.0 Å². The molecule has 0 spiro atoms. The van der Waals surface area contributed by atoms with Crippen LogP contribution in [0.2, 0.25) is 0 Å². The summed E-state index contributed by atoms with van der Waals surface area (Å²) in [5.74, 6) is -0.696. The van der Waals surface area contributed by atoms with Gasteiger partial charge in [-0.15, -0.1) is 0 Å². The summed E-state index contributed by atoms with van der Waals surface area (Å²) in [5.41, 5.74) is 4.33. The van der Waals surface area contributed by atoms with Crippen molar-refractivity contribution in [2.75, 3.05) is 7.11 Å². The van der Waals surface area contributed by atoms with Crippen molar-refractivity contribution in [2.24, 2.45) is 0 Å². The molecule has 0 saturated heterocycles. The highest BCUT2D eigenvalue weighted by atomic mass is 16.5. The molecule has 0 bridgehead atoms. The fourth-order valence-electron chi connectivity index (χ4n) is 4.81. The molecule has 34 heavy (non-hydrogen) atoms. The van der Waals surface area contributed by atoms with Crippen molar-refractivity contribution in [1.82, 2.24) is 5.32 Å². The van der Waals surface area contributed by atoms with Crippen molar-refractivity contribution >= 4 is 11.8 Å². The standard InChI is InChI=1S/C28H31NO5/c1-5-16(2)34-28(32)25-17(3)29-21-13-20(18-9-7-6-8-10-18)14-23(31)27(21)26(25)19-11-12-22(30)24(15-19)33-4/h6-12,15-16,20,26,29-30H,5,13-14H2,1-4H3/t16-,20-,26-/m1/s1. The molecule has 0 fully saturated rings. The lowest BCUT2D eigenvalue weighted by Crippen LogP contribution is -2.36. The van der Waals surface area contributed by atoms with E-state index in [-0.39, 0.29) is 29.3 Å². The number of ketones is 1. The lowest BCUT2D eigenvalue weighted by molar-refractivity contribution is -0.144. The van der Waals surface area contributed by atoms with Crippen molar-refractivity contribution in [3.8, 4) is 11.5 Å². The minimum absolute atomic E-state index is 0.000912. The third kappa shape index (κ3) is 4.45. The summed E-state index contributed by atoms with van der Waals surface area (Å²) in [6.07, 6.45) is 1.47. The van der Waals surface area contributed by atoms with Crippen LogP contribution < -0.4 is 10.1 Å². The molecule has 6 heteroatoms. The maximum absolute atomic E-state index is 13.6. The molecule has 178 valence electrons. The van der Waals surface area contributed by atoms with Gasteiger partial charge in [0.15, 0.2) is 17.3 Å². The first-order chi connectivity index (χ1) is 16.3. The first-order valence-electron chi connectivity index (χ1n) is 11.7. The van der Waals surface area contributed by atoms with Gasteiger partial charge in [0, 0.05) is 29.3 Å². The molecule has 1 aliphatic carbocycles. The van der Waals surface area contributed by atoms with Crippen LogP contribution in [-0.2, 0) is 14.3 Å². The van der Waals surface area contributed by atoms with Crippen molar-refractivity contribution in [3.05, 3.63) is 82.2 Å². The number of phenols is 1. The van der Waals surface area contributed by atoms with E-state index in [1.165, 1.54) is 13.2 Å². The summed E-state index contributed by atoms with van der Waals surface area (Å²) in [7, 11) is 1.47. The Bertz CT molecular complexity index is 1160. The van der Waals surface area contributed by atoms with E-state index in [0.717, 1.165) is 11.3 Å². The molecule has 4 rings (SSSR count). The van der Waals surface area contributed by atoms with Crippen LogP contribution in [-0.4, -0.2) is 30.1 Å². The normalized spacial score (nSPS) is 21.0. The minimum atomic E-state index is -0.605. The van der Waals surface area contributed by atoms with Crippen molar-refractivity contribution in [2.45, 2.75) is 58.0 Å². The Morgan fingerprint density at radius 2 is 1.88 bits per heavy atom. The second-order valence-corrected chi connectivity index (χ2v) is 8.98. The lowest BCUT2D eigenvalue weighted by Gasteiger charge is -2.37. The number of methoxy groups -OCH3 is 1. The number of phenolic OH excluding ortho intramolecular Hbond substituents is 1. The molecule has 2 aromatic carbocycles. The molecule has 0 unspecified atom stereocenters. The highest BCUT2D eigenvalue weighted by molar-refractivity contribution is 6.04. The SMILES string of the molecule is CC[C@@H](C)OC(=O)C1=C(C)NC2=C(C(=O)C[C@H](c3ccccc3)C2)[C@@H]1c1ccc(O)c(OC)c1. The van der Waals surface area contributed by atoms with Gasteiger partial charge in [0.2, 0.25) is 0 Å². The number of Topliss-reactive ketones (excluding diaryl/α,β-unsaturated/α-hetero) is 1. The van der Waals surface area contributed by atoms with Crippen LogP contribution in [0.5, 0.6) is 11.5 Å². The van der Waals surface area contributed by atoms with Gasteiger partial charge in [-0.1, -0.05) is 43.3 Å². The minimum Gasteiger partial charge on any atom is -0.504 e. The lowest BCUT2D eigenvalue weighted by atomic mass is 9.71. The molecule has 0 aromatic heterocycles. The van der Waals surface area contributed by atoms with E-state index in [1.807, 2.05) is 51.1 Å². The molecular formula is C28H31NO5. The van der Waals surface area contributed by atoms with E-state index < -0.39 is 11.9 Å². The second-order valence-electron chi connectivity index (χ2n) is 8.98. The number of hydrogen-bond acceptors (Lipinski definition) is 6. The third-order valence-electron chi connectivity index (χ3n) is 6.74. The highest BCUT2D eigenvalue weighted by Crippen LogP contribution is 2.47. The Morgan fingerprint density at radius 3 is 2.56 bits per heavy atom. The zero-order chi connectivity index (χ0) is 24.4. The molecule has 0 radical (unpaired) electrons. The summed E-state index contributed by atoms with van der Waals surface area (Å²) in [4.78, 5) is 26.9. The van der Waals surface area contributed by atoms with Gasteiger partial charge in [-0.05, 0) is 55.9 Å². The van der Waals surface area contributed by atoms with Crippen LogP contribution >= 0.6 is 0 Å². The van der Waals surface area contributed by atoms with Gasteiger partial charge in [-0.25, -0.2) is 4.79 Å². The maximum Gasteiger partial charge on any atom is 0.337 e. The van der Waals surface area contributed by atoms with Crippen molar-refractivity contribution < 1.29 is 24.2 Å². The fraction of sp³-hybridized carbons (Fsp3) is 0.357. The number of rotatable bonds is 6. The summed E-state index contributed by atoms with van der Waals surface area (Å²) in [6.45, 7) is 5.65. The predicted molar refractivity (Wildman–Crippen MR) is 130 cm³/mol. The van der Waals surface area contributed by atoms with E-state index in [4.69, 9.17) is 9.47 Å². The Kier molecular flexibility index (Phi) is 6.77. The number of carbonyl (C=O) groups excluding carboxylic acids is 2. The largest absolute Gasteiger partial charge is 0.504 e. The molecule has 2 aromatic rings. The van der Waals surface area contributed by atoms with Gasteiger partial charge >= 0.3 is 5.97 Å². The molecule has 6 nitrogen and oxygen atoms in total. The molecular weight excluding hydrogens is 430 g/mol. The van der Waals surface area contributed by atoms with Crippen LogP contribution in [0.25, 0.3) is 0 Å². The number of aromatic hydroxyl groups is 1. The van der Waals surface area contributed by atoms with E-state index in [1.54, 1.807) is 12.1 Å². The number of carbonyl (C=O) groups is 2. The first kappa shape index (κ1) is 23.6. The zero-order valence-corrected chi connectivity index (χ0v) is 20.1. The summed E-state index contributed by atoms with van der Waals surface area (Å²) in [6, 6.07) is 15.0. The average molecular weight is 462 g/mol. The van der Waals surface area contributed by atoms with Crippen LogP contribution in [0.3, 0.4) is 0 Å². The number of esters is 1. The third-order valence-corrected chi connectivity index (χ3v) is 6.74. The number of dihydropyridines is 1. The Balaban J connectivity index is 1.82. The van der Waals surface area contributed by atoms with E-state index in [0.29, 0.717) is 41.7 Å². The van der Waals surface area contributed by atoms with E-state index in [2.05, 4.69) is 5.32 Å². The molecule has 1 aliphatic heterocycles. The number of nitrogens with one attached hydrogen (secondary N) is 1. The van der Waals surface area contributed by atoms with Crippen molar-refractivity contribution in [1.29, 1.82) is 0 Å². The smallest absolute Gasteiger partial charge is 0.337 e. The monoisotopic (exact) mass is 461 g/mol. The summed E-state index contributed by atoms with van der Waals surface area (Å²) >= 11 is 0. The predicted octanol–water partition coefficient (Wildman–Crippen LogP) is 5.10. The number of allylic oxidation sites excluding steroid dienone is 3. The average Bonchev–Trinajstić information content (AvgIpc) is 2.83. The molecule has 3 atom stereocenters. The molecule has 0 saturated carbocycles. The number of hydrogen-bond donors (Lipinski definition) is 2. The topological polar surface area (TPSA) is 84.9 Å². The van der Waals surface area contributed by atoms with Gasteiger partial charge in [0.1, 0.15) is 0 Å². The number of ether oxygens (including phenoxy) is 2. The molecule has 2 aliphatic rings. The van der Waals surface area contributed by atoms with Crippen LogP contribution in [0, 0.1) is 0 Å². The van der Waals surface area contributed by atoms with Gasteiger partial charge < -0.3 is 19.9 Å². The summed E-state index contributed by atoms with van der Waals surface area (Å²) in [5, 5.41) is 13.5. The molecule has 0 amide bonds. The van der Waals surface area contributed by atoms with Crippen LogP contribution in [0.4, 0.5) is 0 Å². The second kappa shape index (κ2) is 9.75. The van der Waals surface area contributed by atoms with E-state index in [9.17, 15) is 14.7 Å². The Morgan fingerprint density at radius 1 is 1.15 bits per heavy atom. The Labute approximate surface area is 200 Å². The quantitative estimate of drug-likeness (QED) is 0.582.